The van der Waals surface area contributed by atoms with Crippen molar-refractivity contribution in [1.29, 1.82) is 0 Å². The Morgan fingerprint density at radius 2 is 1.83 bits per heavy atom. The Morgan fingerprint density at radius 3 is 2.40 bits per heavy atom. The second-order valence-electron chi connectivity index (χ2n) is 9.89. The summed E-state index contributed by atoms with van der Waals surface area (Å²) in [5.41, 5.74) is 0.944. The van der Waals surface area contributed by atoms with Crippen LogP contribution in [0.15, 0.2) is 36.9 Å². The SMILES string of the molecule is C.CS(=O)(=O)NC(Cc1ccc(Cl)cc1)C(=O)N1CCC(Cn2cncn2)(C2CCCCC2)CC1. The molecule has 35 heavy (non-hydrogen) atoms. The zero-order chi connectivity index (χ0) is 24.2. The molecule has 2 aromatic rings. The Morgan fingerprint density at radius 1 is 1.17 bits per heavy atom. The lowest BCUT2D eigenvalue weighted by molar-refractivity contribution is -0.136. The molecule has 1 unspecified atom stereocenters. The normalized spacial score (nSPS) is 19.7. The molecule has 1 aliphatic carbocycles. The summed E-state index contributed by atoms with van der Waals surface area (Å²) in [4.78, 5) is 19.5. The first-order chi connectivity index (χ1) is 16.2. The number of carbonyl (C=O) groups excluding carboxylic acids is 1. The highest BCUT2D eigenvalue weighted by molar-refractivity contribution is 7.88. The predicted molar refractivity (Wildman–Crippen MR) is 138 cm³/mol. The Kier molecular flexibility index (Phi) is 9.34. The Labute approximate surface area is 214 Å². The average Bonchev–Trinajstić information content (AvgIpc) is 3.33. The van der Waals surface area contributed by atoms with Gasteiger partial charge in [-0.2, -0.15) is 5.10 Å². The van der Waals surface area contributed by atoms with E-state index in [0.29, 0.717) is 24.0 Å². The first kappa shape index (κ1) is 27.6. The number of sulfonamides is 1. The van der Waals surface area contributed by atoms with Crippen LogP contribution < -0.4 is 4.72 Å². The summed E-state index contributed by atoms with van der Waals surface area (Å²) < 4.78 is 28.6. The number of benzene rings is 1. The van der Waals surface area contributed by atoms with Crippen LogP contribution in [0.2, 0.25) is 5.02 Å². The summed E-state index contributed by atoms with van der Waals surface area (Å²) in [6, 6.07) is 6.32. The van der Waals surface area contributed by atoms with E-state index in [0.717, 1.165) is 31.2 Å². The standard InChI is InChI=1S/C24H34ClN5O3S.CH4/c1-34(32,33)28-22(15-19-7-9-21(25)10-8-19)23(31)29-13-11-24(12-14-29,16-30-18-26-17-27-30)20-5-3-2-4-6-20;/h7-10,17-18,20,22,28H,2-6,11-16H2,1H3;1H4. The molecule has 2 aliphatic rings. The molecule has 0 bridgehead atoms. The maximum absolute atomic E-state index is 13.5. The number of carbonyl (C=O) groups is 1. The average molecular weight is 524 g/mol. The van der Waals surface area contributed by atoms with E-state index in [9.17, 15) is 13.2 Å². The molecule has 1 saturated carbocycles. The van der Waals surface area contributed by atoms with E-state index in [1.165, 1.54) is 32.1 Å². The molecule has 10 heteroatoms. The molecule has 1 saturated heterocycles. The number of rotatable bonds is 8. The Bertz CT molecular complexity index is 1050. The van der Waals surface area contributed by atoms with Crippen molar-refractivity contribution >= 4 is 27.5 Å². The monoisotopic (exact) mass is 523 g/mol. The summed E-state index contributed by atoms with van der Waals surface area (Å²) in [6.45, 7) is 2.05. The van der Waals surface area contributed by atoms with Crippen LogP contribution in [0.4, 0.5) is 0 Å². The molecule has 0 spiro atoms. The number of halogens is 1. The smallest absolute Gasteiger partial charge is 0.241 e. The molecule has 8 nitrogen and oxygen atoms in total. The lowest BCUT2D eigenvalue weighted by Gasteiger charge is -2.48. The molecular weight excluding hydrogens is 486 g/mol. The molecule has 2 heterocycles. The molecule has 0 radical (unpaired) electrons. The fourth-order valence-corrected chi connectivity index (χ4v) is 6.56. The molecular formula is C25H38ClN5O3S. The second kappa shape index (κ2) is 11.8. The van der Waals surface area contributed by atoms with Crippen LogP contribution in [0, 0.1) is 11.3 Å². The highest BCUT2D eigenvalue weighted by Crippen LogP contribution is 2.47. The van der Waals surface area contributed by atoms with E-state index in [1.807, 2.05) is 21.7 Å². The van der Waals surface area contributed by atoms with Gasteiger partial charge in [0.15, 0.2) is 0 Å². The summed E-state index contributed by atoms with van der Waals surface area (Å²) in [6.07, 6.45) is 12.8. The van der Waals surface area contributed by atoms with Crippen molar-refractivity contribution in [2.75, 3.05) is 19.3 Å². The molecule has 1 aliphatic heterocycles. The van der Waals surface area contributed by atoms with Gasteiger partial charge in [0.05, 0.1) is 6.26 Å². The lowest BCUT2D eigenvalue weighted by Crippen LogP contribution is -2.54. The number of hydrogen-bond acceptors (Lipinski definition) is 5. The van der Waals surface area contributed by atoms with Crippen LogP contribution >= 0.6 is 11.6 Å². The van der Waals surface area contributed by atoms with Gasteiger partial charge < -0.3 is 4.90 Å². The molecule has 1 amide bonds. The van der Waals surface area contributed by atoms with Crippen LogP contribution in [-0.2, 0) is 27.8 Å². The molecule has 1 atom stereocenters. The predicted octanol–water partition coefficient (Wildman–Crippen LogP) is 3.92. The number of aromatic nitrogens is 3. The third kappa shape index (κ3) is 7.27. The summed E-state index contributed by atoms with van der Waals surface area (Å²) in [5.74, 6) is 0.445. The first-order valence-corrected chi connectivity index (χ1v) is 14.3. The number of hydrogen-bond donors (Lipinski definition) is 1. The van der Waals surface area contributed by atoms with Crippen LogP contribution in [0.5, 0.6) is 0 Å². The first-order valence-electron chi connectivity index (χ1n) is 12.1. The lowest BCUT2D eigenvalue weighted by atomic mass is 9.63. The summed E-state index contributed by atoms with van der Waals surface area (Å²) in [7, 11) is -3.55. The minimum Gasteiger partial charge on any atom is -0.341 e. The minimum absolute atomic E-state index is 0. The van der Waals surface area contributed by atoms with E-state index >= 15 is 0 Å². The number of amides is 1. The zero-order valence-corrected chi connectivity index (χ0v) is 21.3. The van der Waals surface area contributed by atoms with E-state index < -0.39 is 16.1 Å². The molecule has 194 valence electrons. The maximum Gasteiger partial charge on any atom is 0.241 e. The van der Waals surface area contributed by atoms with E-state index in [4.69, 9.17) is 11.6 Å². The Balaban J connectivity index is 0.00000342. The van der Waals surface area contributed by atoms with Gasteiger partial charge in [0.2, 0.25) is 15.9 Å². The van der Waals surface area contributed by atoms with Gasteiger partial charge in [0, 0.05) is 24.7 Å². The van der Waals surface area contributed by atoms with Gasteiger partial charge in [0.25, 0.3) is 0 Å². The topological polar surface area (TPSA) is 97.2 Å². The molecule has 1 N–H and O–H groups in total. The van der Waals surface area contributed by atoms with Gasteiger partial charge in [-0.15, -0.1) is 0 Å². The van der Waals surface area contributed by atoms with Gasteiger partial charge in [0.1, 0.15) is 18.7 Å². The zero-order valence-electron chi connectivity index (χ0n) is 19.7. The molecule has 2 fully saturated rings. The maximum atomic E-state index is 13.5. The van der Waals surface area contributed by atoms with Gasteiger partial charge in [-0.25, -0.2) is 18.1 Å². The van der Waals surface area contributed by atoms with Gasteiger partial charge in [-0.05, 0) is 61.1 Å². The van der Waals surface area contributed by atoms with Gasteiger partial charge in [-0.3, -0.25) is 9.48 Å². The van der Waals surface area contributed by atoms with Crippen LogP contribution in [-0.4, -0.2) is 59.4 Å². The highest BCUT2D eigenvalue weighted by Gasteiger charge is 2.43. The fourth-order valence-electron chi connectivity index (χ4n) is 5.73. The molecule has 4 rings (SSSR count). The van der Waals surface area contributed by atoms with Crippen molar-refractivity contribution < 1.29 is 13.2 Å². The van der Waals surface area contributed by atoms with Crippen molar-refractivity contribution in [3.05, 3.63) is 47.5 Å². The minimum atomic E-state index is -3.55. The van der Waals surface area contributed by atoms with Crippen molar-refractivity contribution in [2.24, 2.45) is 11.3 Å². The van der Waals surface area contributed by atoms with Crippen molar-refractivity contribution in [2.45, 2.75) is 71.4 Å². The van der Waals surface area contributed by atoms with Crippen molar-refractivity contribution in [3.8, 4) is 0 Å². The largest absolute Gasteiger partial charge is 0.341 e. The second-order valence-corrected chi connectivity index (χ2v) is 12.1. The number of piperidine rings is 1. The van der Waals surface area contributed by atoms with E-state index in [2.05, 4.69) is 14.8 Å². The van der Waals surface area contributed by atoms with Crippen LogP contribution in [0.3, 0.4) is 0 Å². The third-order valence-electron chi connectivity index (χ3n) is 7.49. The van der Waals surface area contributed by atoms with E-state index in [1.54, 1.807) is 24.8 Å². The number of nitrogens with zero attached hydrogens (tertiary/aromatic N) is 4. The van der Waals surface area contributed by atoms with E-state index in [-0.39, 0.29) is 25.2 Å². The Hall–Kier alpha value is -1.97. The van der Waals surface area contributed by atoms with Crippen LogP contribution in [0.1, 0.15) is 57.9 Å². The highest BCUT2D eigenvalue weighted by atomic mass is 35.5. The van der Waals surface area contributed by atoms with Gasteiger partial charge >= 0.3 is 0 Å². The molecule has 1 aromatic heterocycles. The quantitative estimate of drug-likeness (QED) is 0.565. The fraction of sp³-hybridized carbons (Fsp3) is 0.640. The summed E-state index contributed by atoms with van der Waals surface area (Å²) >= 11 is 5.98. The molecule has 1 aromatic carbocycles. The van der Waals surface area contributed by atoms with Crippen molar-refractivity contribution in [3.63, 3.8) is 0 Å². The summed E-state index contributed by atoms with van der Waals surface area (Å²) in [5, 5.41) is 4.97. The number of nitrogens with one attached hydrogen (secondary N) is 1. The third-order valence-corrected chi connectivity index (χ3v) is 8.46. The van der Waals surface area contributed by atoms with Gasteiger partial charge in [-0.1, -0.05) is 50.4 Å². The van der Waals surface area contributed by atoms with Crippen LogP contribution in [0.25, 0.3) is 0 Å². The van der Waals surface area contributed by atoms with Crippen molar-refractivity contribution in [1.82, 2.24) is 24.4 Å². The number of likely N-dealkylation sites (tertiary alicyclic amines) is 1.